The number of ether oxygens (including phenoxy) is 2. The molecule has 0 saturated carbocycles. The predicted octanol–water partition coefficient (Wildman–Crippen LogP) is 4.95. The van der Waals surface area contributed by atoms with E-state index < -0.39 is 24.4 Å². The molecule has 2 aromatic carbocycles. The number of amides is 2. The number of para-hydroxylation sites is 1. The van der Waals surface area contributed by atoms with E-state index in [-0.39, 0.29) is 11.3 Å². The van der Waals surface area contributed by atoms with Crippen molar-refractivity contribution in [2.24, 2.45) is 0 Å². The van der Waals surface area contributed by atoms with E-state index >= 15 is 0 Å². The molecule has 1 aliphatic rings. The Hall–Kier alpha value is -4.42. The van der Waals surface area contributed by atoms with Gasteiger partial charge in [-0.2, -0.15) is 5.26 Å². The Morgan fingerprint density at radius 1 is 1.05 bits per heavy atom. The average molecular weight is 516 g/mol. The number of nitriles is 1. The number of benzene rings is 2. The summed E-state index contributed by atoms with van der Waals surface area (Å²) >= 11 is 1.40. The third-order valence-electron chi connectivity index (χ3n) is 5.82. The Morgan fingerprint density at radius 3 is 2.57 bits per heavy atom. The van der Waals surface area contributed by atoms with Crippen LogP contribution < -0.4 is 15.4 Å². The van der Waals surface area contributed by atoms with Gasteiger partial charge in [0, 0.05) is 11.0 Å². The summed E-state index contributed by atoms with van der Waals surface area (Å²) in [5.74, 6) is -1.01. The number of nitrogens with one attached hydrogen (secondary N) is 2. The highest BCUT2D eigenvalue weighted by molar-refractivity contribution is 7.16. The van der Waals surface area contributed by atoms with Crippen molar-refractivity contribution in [1.82, 2.24) is 0 Å². The molecule has 0 fully saturated rings. The fourth-order valence-corrected chi connectivity index (χ4v) is 5.23. The van der Waals surface area contributed by atoms with E-state index in [1.807, 2.05) is 12.1 Å². The topological polar surface area (TPSA) is 118 Å². The number of aryl methyl sites for hydroxylation is 1. The number of anilines is 2. The maximum atomic E-state index is 12.7. The van der Waals surface area contributed by atoms with Crippen LogP contribution in [0.2, 0.25) is 0 Å². The van der Waals surface area contributed by atoms with E-state index in [1.165, 1.54) is 23.5 Å². The van der Waals surface area contributed by atoms with Gasteiger partial charge in [-0.25, -0.2) is 4.79 Å². The number of thiophene rings is 1. The molecule has 0 spiro atoms. The van der Waals surface area contributed by atoms with Gasteiger partial charge in [0.15, 0.2) is 6.61 Å². The van der Waals surface area contributed by atoms with Gasteiger partial charge in [0.25, 0.3) is 5.91 Å². The number of carbonyl (C=O) groups is 3. The van der Waals surface area contributed by atoms with Gasteiger partial charge in [0.05, 0.1) is 23.9 Å². The van der Waals surface area contributed by atoms with Gasteiger partial charge >= 0.3 is 5.97 Å². The molecule has 0 radical (unpaired) electrons. The lowest BCUT2D eigenvalue weighted by Crippen LogP contribution is -2.21. The summed E-state index contributed by atoms with van der Waals surface area (Å²) < 4.78 is 10.3. The third kappa shape index (κ3) is 6.42. The molecule has 0 bridgehead atoms. The largest absolute Gasteiger partial charge is 0.497 e. The Kier molecular flexibility index (Phi) is 8.33. The minimum atomic E-state index is -0.754. The van der Waals surface area contributed by atoms with Gasteiger partial charge in [-0.1, -0.05) is 24.3 Å². The van der Waals surface area contributed by atoms with Gasteiger partial charge < -0.3 is 20.1 Å². The van der Waals surface area contributed by atoms with Crippen molar-refractivity contribution < 1.29 is 23.9 Å². The molecule has 1 heterocycles. The Balaban J connectivity index is 1.35. The van der Waals surface area contributed by atoms with Crippen molar-refractivity contribution in [3.63, 3.8) is 0 Å². The number of esters is 1. The molecule has 4 rings (SSSR count). The fraction of sp³-hybridized carbons (Fsp3) is 0.214. The SMILES string of the molecule is COc1ccc(/C=C/C(=O)Nc2ccccc2C(=O)OCC(=O)Nc2sc3c(c2C#N)CCCC3)cc1. The number of hydrogen-bond acceptors (Lipinski definition) is 7. The minimum absolute atomic E-state index is 0.116. The summed E-state index contributed by atoms with van der Waals surface area (Å²) in [5, 5.41) is 15.4. The molecule has 1 aromatic heterocycles. The van der Waals surface area contributed by atoms with Crippen molar-refractivity contribution in [3.05, 3.63) is 81.7 Å². The maximum absolute atomic E-state index is 12.7. The van der Waals surface area contributed by atoms with Gasteiger partial charge in [-0.3, -0.25) is 9.59 Å². The third-order valence-corrected chi connectivity index (χ3v) is 7.03. The Morgan fingerprint density at radius 2 is 1.81 bits per heavy atom. The van der Waals surface area contributed by atoms with Gasteiger partial charge in [-0.15, -0.1) is 11.3 Å². The Labute approximate surface area is 218 Å². The zero-order chi connectivity index (χ0) is 26.2. The molecule has 0 unspecified atom stereocenters. The summed E-state index contributed by atoms with van der Waals surface area (Å²) in [5.41, 5.74) is 2.69. The molecular weight excluding hydrogens is 490 g/mol. The number of nitrogens with zero attached hydrogens (tertiary/aromatic N) is 1. The second-order valence-corrected chi connectivity index (χ2v) is 9.40. The smallest absolute Gasteiger partial charge is 0.340 e. The fourth-order valence-electron chi connectivity index (χ4n) is 3.98. The van der Waals surface area contributed by atoms with Crippen molar-refractivity contribution in [3.8, 4) is 11.8 Å². The van der Waals surface area contributed by atoms with Crippen LogP contribution in [0.1, 0.15) is 44.8 Å². The lowest BCUT2D eigenvalue weighted by molar-refractivity contribution is -0.119. The van der Waals surface area contributed by atoms with E-state index in [0.29, 0.717) is 16.3 Å². The lowest BCUT2D eigenvalue weighted by atomic mass is 9.96. The van der Waals surface area contributed by atoms with Crippen LogP contribution in [0.15, 0.2) is 54.6 Å². The first kappa shape index (κ1) is 25.7. The minimum Gasteiger partial charge on any atom is -0.497 e. The highest BCUT2D eigenvalue weighted by atomic mass is 32.1. The van der Waals surface area contributed by atoms with Gasteiger partial charge in [0.2, 0.25) is 5.91 Å². The van der Waals surface area contributed by atoms with E-state index in [9.17, 15) is 19.6 Å². The van der Waals surface area contributed by atoms with Crippen molar-refractivity contribution >= 4 is 45.9 Å². The second-order valence-electron chi connectivity index (χ2n) is 8.29. The molecule has 2 N–H and O–H groups in total. The number of fused-ring (bicyclic) bond motifs is 1. The first-order valence-electron chi connectivity index (χ1n) is 11.7. The number of rotatable bonds is 8. The van der Waals surface area contributed by atoms with Crippen LogP contribution in [0.3, 0.4) is 0 Å². The molecule has 1 aliphatic carbocycles. The van der Waals surface area contributed by atoms with Crippen LogP contribution in [-0.2, 0) is 27.2 Å². The first-order chi connectivity index (χ1) is 18.0. The van der Waals surface area contributed by atoms with Crippen LogP contribution in [0.5, 0.6) is 5.75 Å². The van der Waals surface area contributed by atoms with Crippen LogP contribution >= 0.6 is 11.3 Å². The second kappa shape index (κ2) is 12.0. The van der Waals surface area contributed by atoms with Crippen LogP contribution in [0.25, 0.3) is 6.08 Å². The normalized spacial score (nSPS) is 12.3. The van der Waals surface area contributed by atoms with Crippen molar-refractivity contribution in [2.75, 3.05) is 24.4 Å². The summed E-state index contributed by atoms with van der Waals surface area (Å²) in [6.07, 6.45) is 6.81. The predicted molar refractivity (Wildman–Crippen MR) is 142 cm³/mol. The van der Waals surface area contributed by atoms with Crippen LogP contribution in [0.4, 0.5) is 10.7 Å². The van der Waals surface area contributed by atoms with E-state index in [0.717, 1.165) is 41.7 Å². The molecule has 0 saturated heterocycles. The highest BCUT2D eigenvalue weighted by Crippen LogP contribution is 2.37. The molecule has 8 nitrogen and oxygen atoms in total. The number of methoxy groups -OCH3 is 1. The highest BCUT2D eigenvalue weighted by Gasteiger charge is 2.22. The number of carbonyl (C=O) groups excluding carboxylic acids is 3. The average Bonchev–Trinajstić information content (AvgIpc) is 3.27. The number of hydrogen-bond donors (Lipinski definition) is 2. The van der Waals surface area contributed by atoms with Crippen molar-refractivity contribution in [2.45, 2.75) is 25.7 Å². The molecule has 9 heteroatoms. The van der Waals surface area contributed by atoms with E-state index in [4.69, 9.17) is 9.47 Å². The zero-order valence-electron chi connectivity index (χ0n) is 20.2. The molecule has 3 aromatic rings. The molecule has 37 heavy (non-hydrogen) atoms. The van der Waals surface area contributed by atoms with Gasteiger partial charge in [0.1, 0.15) is 16.8 Å². The molecule has 0 atom stereocenters. The lowest BCUT2D eigenvalue weighted by Gasteiger charge is -2.10. The Bertz CT molecular complexity index is 1390. The van der Waals surface area contributed by atoms with E-state index in [1.54, 1.807) is 43.5 Å². The van der Waals surface area contributed by atoms with Crippen molar-refractivity contribution in [1.29, 1.82) is 5.26 Å². The molecule has 0 aliphatic heterocycles. The standard InChI is InChI=1S/C28H25N3O5S/c1-35-19-13-10-18(11-14-19)12-15-25(32)30-23-8-4-2-7-21(23)28(34)36-17-26(33)31-27-22(16-29)20-6-3-5-9-24(20)37-27/h2,4,7-8,10-15H,3,5-6,9,17H2,1H3,(H,30,32)(H,31,33)/b15-12+. The maximum Gasteiger partial charge on any atom is 0.340 e. The summed E-state index contributed by atoms with van der Waals surface area (Å²) in [7, 11) is 1.58. The summed E-state index contributed by atoms with van der Waals surface area (Å²) in [6.45, 7) is -0.522. The first-order valence-corrected chi connectivity index (χ1v) is 12.5. The van der Waals surface area contributed by atoms with E-state index in [2.05, 4.69) is 16.7 Å². The molecular formula is C28H25N3O5S. The zero-order valence-corrected chi connectivity index (χ0v) is 21.0. The molecule has 188 valence electrons. The van der Waals surface area contributed by atoms with Crippen LogP contribution in [0, 0.1) is 11.3 Å². The molecule has 2 amide bonds. The summed E-state index contributed by atoms with van der Waals surface area (Å²) in [6, 6.07) is 15.8. The van der Waals surface area contributed by atoms with Crippen LogP contribution in [-0.4, -0.2) is 31.5 Å². The summed E-state index contributed by atoms with van der Waals surface area (Å²) in [4.78, 5) is 38.7. The van der Waals surface area contributed by atoms with Gasteiger partial charge in [-0.05, 0) is 67.2 Å². The quantitative estimate of drug-likeness (QED) is 0.324. The monoisotopic (exact) mass is 515 g/mol.